The van der Waals surface area contributed by atoms with Crippen LogP contribution >= 0.6 is 0 Å². The number of nitrogens with one attached hydrogen (secondary N) is 2. The van der Waals surface area contributed by atoms with Crippen molar-refractivity contribution in [2.75, 3.05) is 19.6 Å². The zero-order valence-electron chi connectivity index (χ0n) is 25.3. The fourth-order valence-corrected chi connectivity index (χ4v) is 5.36. The summed E-state index contributed by atoms with van der Waals surface area (Å²) in [6.07, 6.45) is 2.97. The van der Waals surface area contributed by atoms with Gasteiger partial charge in [0.15, 0.2) is 0 Å². The van der Waals surface area contributed by atoms with Crippen molar-refractivity contribution < 1.29 is 23.5 Å². The van der Waals surface area contributed by atoms with Crippen LogP contribution in [0.25, 0.3) is 0 Å². The number of aliphatic hydroxyl groups is 1. The number of hydrogen-bond donors (Lipinski definition) is 3. The molecule has 0 radical (unpaired) electrons. The van der Waals surface area contributed by atoms with Gasteiger partial charge in [0.25, 0.3) is 11.8 Å². The third kappa shape index (κ3) is 9.70. The van der Waals surface area contributed by atoms with Crippen LogP contribution in [0.2, 0.25) is 0 Å². The average molecular weight is 592 g/mol. The van der Waals surface area contributed by atoms with E-state index in [4.69, 9.17) is 0 Å². The van der Waals surface area contributed by atoms with Crippen LogP contribution in [0.4, 0.5) is 8.78 Å². The van der Waals surface area contributed by atoms with Crippen LogP contribution in [0.5, 0.6) is 0 Å². The maximum Gasteiger partial charge on any atom is 0.253 e. The molecule has 1 saturated carbocycles. The van der Waals surface area contributed by atoms with Gasteiger partial charge in [-0.2, -0.15) is 0 Å². The van der Waals surface area contributed by atoms with E-state index in [0.29, 0.717) is 30.1 Å². The zero-order chi connectivity index (χ0) is 30.9. The van der Waals surface area contributed by atoms with Crippen LogP contribution in [-0.4, -0.2) is 53.6 Å². The number of halogens is 2. The number of aryl methyl sites for hydroxylation is 2. The number of rotatable bonds is 15. The van der Waals surface area contributed by atoms with E-state index in [2.05, 4.69) is 29.7 Å². The van der Waals surface area contributed by atoms with E-state index in [-0.39, 0.29) is 24.4 Å². The smallest absolute Gasteiger partial charge is 0.253 e. The van der Waals surface area contributed by atoms with Gasteiger partial charge in [0.05, 0.1) is 12.1 Å². The summed E-state index contributed by atoms with van der Waals surface area (Å²) in [4.78, 5) is 28.8. The monoisotopic (exact) mass is 591 g/mol. The molecule has 3 aromatic rings. The molecule has 0 unspecified atom stereocenters. The molecule has 4 rings (SSSR count). The molecule has 0 bridgehead atoms. The van der Waals surface area contributed by atoms with Crippen LogP contribution in [0.1, 0.15) is 76.1 Å². The summed E-state index contributed by atoms with van der Waals surface area (Å²) < 4.78 is 28.0. The molecule has 0 saturated heterocycles. The molecule has 3 N–H and O–H groups in total. The molecule has 1 aliphatic rings. The Morgan fingerprint density at radius 2 is 1.65 bits per heavy atom. The third-order valence-corrected chi connectivity index (χ3v) is 7.78. The van der Waals surface area contributed by atoms with Gasteiger partial charge in [-0.05, 0) is 97.5 Å². The maximum atomic E-state index is 14.0. The van der Waals surface area contributed by atoms with E-state index in [1.54, 1.807) is 18.2 Å². The normalized spacial score (nSPS) is 14.3. The third-order valence-electron chi connectivity index (χ3n) is 7.78. The van der Waals surface area contributed by atoms with E-state index >= 15 is 0 Å². The Morgan fingerprint density at radius 1 is 0.953 bits per heavy atom. The second kappa shape index (κ2) is 15.2. The maximum absolute atomic E-state index is 14.0. The Morgan fingerprint density at radius 3 is 2.33 bits per heavy atom. The number of carbonyl (C=O) groups excluding carboxylic acids is 2. The van der Waals surface area contributed by atoms with Gasteiger partial charge in [0, 0.05) is 43.4 Å². The highest BCUT2D eigenvalue weighted by Crippen LogP contribution is 2.30. The Hall–Kier alpha value is -3.62. The van der Waals surface area contributed by atoms with Crippen molar-refractivity contribution in [1.29, 1.82) is 0 Å². The molecule has 1 aliphatic carbocycles. The number of hydrogen-bond acceptors (Lipinski definition) is 4. The number of amides is 2. The first kappa shape index (κ1) is 32.3. The number of nitrogens with zero attached hydrogens (tertiary/aromatic N) is 1. The molecular weight excluding hydrogens is 548 g/mol. The van der Waals surface area contributed by atoms with Gasteiger partial charge in [-0.15, -0.1) is 0 Å². The summed E-state index contributed by atoms with van der Waals surface area (Å²) in [5.41, 5.74) is 4.08. The Bertz CT molecular complexity index is 1390. The minimum absolute atomic E-state index is 0.0118. The molecule has 2 atom stereocenters. The molecule has 2 amide bonds. The topological polar surface area (TPSA) is 81.7 Å². The van der Waals surface area contributed by atoms with Gasteiger partial charge < -0.3 is 20.6 Å². The summed E-state index contributed by atoms with van der Waals surface area (Å²) >= 11 is 0. The lowest BCUT2D eigenvalue weighted by atomic mass is 9.99. The summed E-state index contributed by atoms with van der Waals surface area (Å²) in [6.45, 7) is 7.98. The lowest BCUT2D eigenvalue weighted by Gasteiger charge is -2.26. The summed E-state index contributed by atoms with van der Waals surface area (Å²) in [7, 11) is 0. The van der Waals surface area contributed by atoms with Crippen molar-refractivity contribution >= 4 is 11.8 Å². The summed E-state index contributed by atoms with van der Waals surface area (Å²) in [6, 6.07) is 15.5. The predicted octanol–water partition coefficient (Wildman–Crippen LogP) is 5.59. The largest absolute Gasteiger partial charge is 0.390 e. The first-order chi connectivity index (χ1) is 20.6. The summed E-state index contributed by atoms with van der Waals surface area (Å²) in [5, 5.41) is 17.3. The van der Waals surface area contributed by atoms with Crippen molar-refractivity contribution in [3.63, 3.8) is 0 Å². The molecule has 8 heteroatoms. The van der Waals surface area contributed by atoms with Crippen molar-refractivity contribution in [1.82, 2.24) is 15.5 Å². The Labute approximate surface area is 253 Å². The van der Waals surface area contributed by atoms with Gasteiger partial charge in [-0.25, -0.2) is 8.78 Å². The van der Waals surface area contributed by atoms with Crippen molar-refractivity contribution in [3.05, 3.63) is 106 Å². The quantitative estimate of drug-likeness (QED) is 0.215. The Kier molecular flexibility index (Phi) is 11.4. The van der Waals surface area contributed by atoms with Crippen LogP contribution in [0.3, 0.4) is 0 Å². The molecule has 0 aromatic heterocycles. The average Bonchev–Trinajstić information content (AvgIpc) is 3.79. The standard InChI is InChI=1S/C35H43F2N3O3/c1-4-11-40(22-25-9-10-25)35(43)29-13-23(3)12-28(18-29)34(42)39-32(17-27-15-30(36)19-31(37)16-27)33(41)21-38-20-26-8-6-7-24(5-2)14-26/h6-8,12-16,18-19,25,32-33,38,41H,4-5,9-11,17,20-22H2,1-3H3,(H,39,42)/t32-,33+/m0/s1. The number of carbonyl (C=O) groups is 2. The van der Waals surface area contributed by atoms with Gasteiger partial charge in [0.2, 0.25) is 0 Å². The fourth-order valence-electron chi connectivity index (χ4n) is 5.36. The van der Waals surface area contributed by atoms with Crippen LogP contribution in [0, 0.1) is 24.5 Å². The second-order valence-electron chi connectivity index (χ2n) is 11.7. The highest BCUT2D eigenvalue weighted by atomic mass is 19.1. The van der Waals surface area contributed by atoms with Gasteiger partial charge >= 0.3 is 0 Å². The van der Waals surface area contributed by atoms with Gasteiger partial charge in [-0.1, -0.05) is 38.1 Å². The molecule has 43 heavy (non-hydrogen) atoms. The van der Waals surface area contributed by atoms with Gasteiger partial charge in [0.1, 0.15) is 11.6 Å². The van der Waals surface area contributed by atoms with E-state index in [0.717, 1.165) is 49.4 Å². The minimum Gasteiger partial charge on any atom is -0.390 e. The lowest BCUT2D eigenvalue weighted by Crippen LogP contribution is -2.48. The SMILES string of the molecule is CCCN(CC1CC1)C(=O)c1cc(C)cc(C(=O)N[C@@H](Cc2cc(F)cc(F)c2)[C@H](O)CNCc2cccc(CC)c2)c1. The first-order valence-electron chi connectivity index (χ1n) is 15.3. The first-order valence-corrected chi connectivity index (χ1v) is 15.3. The molecule has 3 aromatic carbocycles. The summed E-state index contributed by atoms with van der Waals surface area (Å²) in [5.74, 6) is -1.49. The number of benzene rings is 3. The van der Waals surface area contributed by atoms with Crippen LogP contribution < -0.4 is 10.6 Å². The van der Waals surface area contributed by atoms with Crippen LogP contribution in [0.15, 0.2) is 60.7 Å². The van der Waals surface area contributed by atoms with Crippen molar-refractivity contribution in [2.24, 2.45) is 5.92 Å². The Balaban J connectivity index is 1.50. The van der Waals surface area contributed by atoms with E-state index < -0.39 is 29.7 Å². The molecule has 1 fully saturated rings. The van der Waals surface area contributed by atoms with Crippen molar-refractivity contribution in [2.45, 2.75) is 71.6 Å². The minimum atomic E-state index is -1.06. The van der Waals surface area contributed by atoms with E-state index in [1.807, 2.05) is 30.9 Å². The molecule has 0 heterocycles. The zero-order valence-corrected chi connectivity index (χ0v) is 25.3. The molecule has 6 nitrogen and oxygen atoms in total. The van der Waals surface area contributed by atoms with Crippen molar-refractivity contribution in [3.8, 4) is 0 Å². The van der Waals surface area contributed by atoms with E-state index in [1.165, 1.54) is 17.7 Å². The molecular formula is C35H43F2N3O3. The highest BCUT2D eigenvalue weighted by molar-refractivity contribution is 6.00. The molecule has 0 spiro atoms. The molecule has 0 aliphatic heterocycles. The van der Waals surface area contributed by atoms with Gasteiger partial charge in [-0.3, -0.25) is 9.59 Å². The fraction of sp³-hybridized carbons (Fsp3) is 0.429. The second-order valence-corrected chi connectivity index (χ2v) is 11.7. The van der Waals surface area contributed by atoms with Crippen LogP contribution in [-0.2, 0) is 19.4 Å². The molecule has 230 valence electrons. The highest BCUT2D eigenvalue weighted by Gasteiger charge is 2.28. The predicted molar refractivity (Wildman–Crippen MR) is 165 cm³/mol. The van der Waals surface area contributed by atoms with E-state index in [9.17, 15) is 23.5 Å². The number of aliphatic hydroxyl groups excluding tert-OH is 1. The lowest BCUT2D eigenvalue weighted by molar-refractivity contribution is 0.0747.